The van der Waals surface area contributed by atoms with Crippen molar-refractivity contribution in [2.75, 3.05) is 12.8 Å². The molecule has 0 aliphatic rings. The quantitative estimate of drug-likeness (QED) is 0.873. The lowest BCUT2D eigenvalue weighted by molar-refractivity contribution is 0.410. The van der Waals surface area contributed by atoms with Gasteiger partial charge in [-0.15, -0.1) is 0 Å². The van der Waals surface area contributed by atoms with Crippen molar-refractivity contribution in [3.63, 3.8) is 0 Å². The van der Waals surface area contributed by atoms with Crippen LogP contribution in [0.15, 0.2) is 36.5 Å². The van der Waals surface area contributed by atoms with Gasteiger partial charge in [-0.2, -0.15) is 0 Å². The molecule has 86 valence electrons. The number of anilines is 1. The van der Waals surface area contributed by atoms with Crippen molar-refractivity contribution in [3.8, 4) is 5.75 Å². The molecule has 0 aliphatic heterocycles. The number of rotatable bonds is 3. The van der Waals surface area contributed by atoms with Crippen molar-refractivity contribution < 1.29 is 4.74 Å². The number of nitrogens with zero attached hydrogens (tertiary/aromatic N) is 2. The summed E-state index contributed by atoms with van der Waals surface area (Å²) < 4.78 is 5.16. The van der Waals surface area contributed by atoms with Crippen LogP contribution in [0.3, 0.4) is 0 Å². The molecular formula is C13H13N3O. The van der Waals surface area contributed by atoms with Gasteiger partial charge >= 0.3 is 0 Å². The van der Waals surface area contributed by atoms with Gasteiger partial charge in [-0.3, -0.25) is 0 Å². The average Bonchev–Trinajstić information content (AvgIpc) is 2.38. The van der Waals surface area contributed by atoms with Gasteiger partial charge in [0.1, 0.15) is 5.69 Å². The van der Waals surface area contributed by atoms with Crippen LogP contribution in [0.4, 0.5) is 5.95 Å². The van der Waals surface area contributed by atoms with Crippen LogP contribution in [0.5, 0.6) is 5.75 Å². The Bertz CT molecular complexity index is 523. The first-order valence-corrected chi connectivity index (χ1v) is 5.19. The van der Waals surface area contributed by atoms with Gasteiger partial charge in [0.05, 0.1) is 13.3 Å². The van der Waals surface area contributed by atoms with Crippen LogP contribution >= 0.6 is 0 Å². The highest BCUT2D eigenvalue weighted by Crippen LogP contribution is 2.18. The standard InChI is InChI=1S/C13H13N3O/c1-17-12-9-15-13(14)16-11(12)8-7-10-5-3-2-4-6-10/h2-9H,1H3,(H2,14,15,16)/b8-7+. The summed E-state index contributed by atoms with van der Waals surface area (Å²) in [7, 11) is 1.58. The number of hydrogen-bond acceptors (Lipinski definition) is 4. The smallest absolute Gasteiger partial charge is 0.220 e. The van der Waals surface area contributed by atoms with E-state index in [1.54, 1.807) is 13.3 Å². The second kappa shape index (κ2) is 5.12. The Kier molecular flexibility index (Phi) is 3.35. The summed E-state index contributed by atoms with van der Waals surface area (Å²) in [6.07, 6.45) is 5.36. The lowest BCUT2D eigenvalue weighted by Gasteiger charge is -2.03. The van der Waals surface area contributed by atoms with E-state index in [4.69, 9.17) is 10.5 Å². The Morgan fingerprint density at radius 1 is 1.18 bits per heavy atom. The van der Waals surface area contributed by atoms with Crippen molar-refractivity contribution in [3.05, 3.63) is 47.8 Å². The number of aromatic nitrogens is 2. The third-order valence-corrected chi connectivity index (χ3v) is 2.25. The molecule has 0 amide bonds. The zero-order chi connectivity index (χ0) is 12.1. The summed E-state index contributed by atoms with van der Waals surface area (Å²) in [4.78, 5) is 7.99. The Morgan fingerprint density at radius 3 is 2.65 bits per heavy atom. The molecule has 0 saturated carbocycles. The zero-order valence-electron chi connectivity index (χ0n) is 9.50. The largest absolute Gasteiger partial charge is 0.493 e. The summed E-state index contributed by atoms with van der Waals surface area (Å²) >= 11 is 0. The van der Waals surface area contributed by atoms with Crippen LogP contribution in [0.1, 0.15) is 11.3 Å². The third-order valence-electron chi connectivity index (χ3n) is 2.25. The van der Waals surface area contributed by atoms with Crippen LogP contribution in [0.2, 0.25) is 0 Å². The lowest BCUT2D eigenvalue weighted by atomic mass is 10.2. The molecule has 2 N–H and O–H groups in total. The number of methoxy groups -OCH3 is 1. The van der Waals surface area contributed by atoms with Gasteiger partial charge in [-0.05, 0) is 11.6 Å². The molecule has 2 aromatic rings. The lowest BCUT2D eigenvalue weighted by Crippen LogP contribution is -1.98. The van der Waals surface area contributed by atoms with Crippen molar-refractivity contribution in [1.29, 1.82) is 0 Å². The Morgan fingerprint density at radius 2 is 1.94 bits per heavy atom. The SMILES string of the molecule is COc1cnc(N)nc1/C=C/c1ccccc1. The number of nitrogens with two attached hydrogens (primary N) is 1. The molecule has 4 heteroatoms. The van der Waals surface area contributed by atoms with E-state index in [-0.39, 0.29) is 5.95 Å². The summed E-state index contributed by atoms with van der Waals surface area (Å²) in [5.74, 6) is 0.838. The predicted molar refractivity (Wildman–Crippen MR) is 68.4 cm³/mol. The normalized spacial score (nSPS) is 10.6. The highest BCUT2D eigenvalue weighted by molar-refractivity contribution is 5.70. The molecule has 0 spiro atoms. The minimum atomic E-state index is 0.235. The molecule has 0 fully saturated rings. The number of benzene rings is 1. The van der Waals surface area contributed by atoms with Gasteiger partial charge in [0.25, 0.3) is 0 Å². The minimum absolute atomic E-state index is 0.235. The van der Waals surface area contributed by atoms with Crippen molar-refractivity contribution in [1.82, 2.24) is 9.97 Å². The molecule has 0 saturated heterocycles. The van der Waals surface area contributed by atoms with Gasteiger partial charge in [0, 0.05) is 0 Å². The number of hydrogen-bond donors (Lipinski definition) is 1. The Labute approximate surface area is 99.8 Å². The first-order chi connectivity index (χ1) is 8.29. The monoisotopic (exact) mass is 227 g/mol. The molecule has 1 heterocycles. The number of ether oxygens (including phenoxy) is 1. The molecule has 0 atom stereocenters. The maximum atomic E-state index is 5.54. The average molecular weight is 227 g/mol. The van der Waals surface area contributed by atoms with Crippen molar-refractivity contribution in [2.24, 2.45) is 0 Å². The maximum Gasteiger partial charge on any atom is 0.220 e. The van der Waals surface area contributed by atoms with Crippen molar-refractivity contribution in [2.45, 2.75) is 0 Å². The van der Waals surface area contributed by atoms with Crippen LogP contribution in [0.25, 0.3) is 12.2 Å². The summed E-state index contributed by atoms with van der Waals surface area (Å²) in [5.41, 5.74) is 7.30. The molecule has 1 aromatic heterocycles. The van der Waals surface area contributed by atoms with E-state index in [0.717, 1.165) is 5.56 Å². The van der Waals surface area contributed by atoms with Gasteiger partial charge in [-0.25, -0.2) is 9.97 Å². The molecule has 4 nitrogen and oxygen atoms in total. The van der Waals surface area contributed by atoms with Crippen molar-refractivity contribution >= 4 is 18.1 Å². The molecular weight excluding hydrogens is 214 g/mol. The fourth-order valence-corrected chi connectivity index (χ4v) is 1.41. The van der Waals surface area contributed by atoms with E-state index >= 15 is 0 Å². The van der Waals surface area contributed by atoms with E-state index in [1.807, 2.05) is 42.5 Å². The Balaban J connectivity index is 2.29. The van der Waals surface area contributed by atoms with Crippen LogP contribution in [-0.4, -0.2) is 17.1 Å². The van der Waals surface area contributed by atoms with Gasteiger partial charge in [0.2, 0.25) is 5.95 Å². The van der Waals surface area contributed by atoms with Crippen LogP contribution < -0.4 is 10.5 Å². The van der Waals surface area contributed by atoms with Crippen LogP contribution in [0, 0.1) is 0 Å². The summed E-state index contributed by atoms with van der Waals surface area (Å²) in [6, 6.07) is 9.94. The van der Waals surface area contributed by atoms with E-state index < -0.39 is 0 Å². The third kappa shape index (κ3) is 2.81. The van der Waals surface area contributed by atoms with E-state index in [2.05, 4.69) is 9.97 Å². The van der Waals surface area contributed by atoms with E-state index in [0.29, 0.717) is 11.4 Å². The second-order valence-electron chi connectivity index (χ2n) is 3.43. The highest BCUT2D eigenvalue weighted by Gasteiger charge is 2.02. The Hall–Kier alpha value is -2.36. The van der Waals surface area contributed by atoms with E-state index in [1.165, 1.54) is 0 Å². The predicted octanol–water partition coefficient (Wildman–Crippen LogP) is 2.24. The minimum Gasteiger partial charge on any atom is -0.493 e. The first kappa shape index (κ1) is 11.1. The fraction of sp³-hybridized carbons (Fsp3) is 0.0769. The fourth-order valence-electron chi connectivity index (χ4n) is 1.41. The molecule has 17 heavy (non-hydrogen) atoms. The van der Waals surface area contributed by atoms with Gasteiger partial charge < -0.3 is 10.5 Å². The molecule has 0 radical (unpaired) electrons. The zero-order valence-corrected chi connectivity index (χ0v) is 9.50. The molecule has 0 bridgehead atoms. The molecule has 0 aliphatic carbocycles. The summed E-state index contributed by atoms with van der Waals surface area (Å²) in [5, 5.41) is 0. The first-order valence-electron chi connectivity index (χ1n) is 5.19. The maximum absolute atomic E-state index is 5.54. The van der Waals surface area contributed by atoms with Gasteiger partial charge in [-0.1, -0.05) is 36.4 Å². The molecule has 1 aromatic carbocycles. The molecule has 2 rings (SSSR count). The topological polar surface area (TPSA) is 61.0 Å². The summed E-state index contributed by atoms with van der Waals surface area (Å²) in [6.45, 7) is 0. The number of nitrogen functional groups attached to an aromatic ring is 1. The van der Waals surface area contributed by atoms with E-state index in [9.17, 15) is 0 Å². The highest BCUT2D eigenvalue weighted by atomic mass is 16.5. The van der Waals surface area contributed by atoms with Gasteiger partial charge in [0.15, 0.2) is 5.75 Å². The second-order valence-corrected chi connectivity index (χ2v) is 3.43. The molecule has 0 unspecified atom stereocenters. The van der Waals surface area contributed by atoms with Crippen LogP contribution in [-0.2, 0) is 0 Å².